The van der Waals surface area contributed by atoms with Crippen LogP contribution in [0.3, 0.4) is 0 Å². The lowest BCUT2D eigenvalue weighted by molar-refractivity contribution is -0.386. The molecular formula is C13H16N2O3. The molecule has 96 valence electrons. The lowest BCUT2D eigenvalue weighted by Gasteiger charge is -2.20. The van der Waals surface area contributed by atoms with Crippen LogP contribution < -0.4 is 4.74 Å². The average molecular weight is 248 g/mol. The van der Waals surface area contributed by atoms with Gasteiger partial charge in [-0.05, 0) is 24.0 Å². The summed E-state index contributed by atoms with van der Waals surface area (Å²) in [4.78, 5) is 10.5. The third-order valence-electron chi connectivity index (χ3n) is 2.54. The molecule has 0 aromatic heterocycles. The summed E-state index contributed by atoms with van der Waals surface area (Å²) in [7, 11) is 0. The molecule has 0 heterocycles. The summed E-state index contributed by atoms with van der Waals surface area (Å²) in [6.07, 6.45) is 0. The molecule has 0 aliphatic heterocycles. The molecule has 0 fully saturated rings. The van der Waals surface area contributed by atoms with Crippen LogP contribution in [0.1, 0.15) is 38.8 Å². The second-order valence-electron chi connectivity index (χ2n) is 4.92. The fourth-order valence-electron chi connectivity index (χ4n) is 1.56. The van der Waals surface area contributed by atoms with Crippen LogP contribution in [0.4, 0.5) is 5.69 Å². The van der Waals surface area contributed by atoms with E-state index in [-0.39, 0.29) is 29.0 Å². The van der Waals surface area contributed by atoms with Crippen molar-refractivity contribution >= 4 is 5.69 Å². The summed E-state index contributed by atoms with van der Waals surface area (Å²) in [6, 6.07) is 5.09. The van der Waals surface area contributed by atoms with Crippen molar-refractivity contribution in [1.82, 2.24) is 0 Å². The van der Waals surface area contributed by atoms with Crippen LogP contribution in [0, 0.1) is 21.4 Å². The summed E-state index contributed by atoms with van der Waals surface area (Å²) in [6.45, 7) is 7.82. The van der Waals surface area contributed by atoms with E-state index >= 15 is 0 Å². The molecule has 0 amide bonds. The Morgan fingerprint density at radius 1 is 1.44 bits per heavy atom. The van der Waals surface area contributed by atoms with Crippen molar-refractivity contribution < 1.29 is 9.66 Å². The Labute approximate surface area is 106 Å². The average Bonchev–Trinajstić information content (AvgIpc) is 2.27. The number of rotatable bonds is 3. The first-order valence-corrected chi connectivity index (χ1v) is 5.67. The first-order valence-electron chi connectivity index (χ1n) is 5.67. The van der Waals surface area contributed by atoms with Gasteiger partial charge in [0.2, 0.25) is 5.75 Å². The minimum atomic E-state index is -0.513. The first kappa shape index (κ1) is 14.0. The Kier molecular flexibility index (Phi) is 3.92. The number of hydrogen-bond donors (Lipinski definition) is 0. The van der Waals surface area contributed by atoms with E-state index in [0.717, 1.165) is 5.56 Å². The number of nitriles is 1. The zero-order valence-electron chi connectivity index (χ0n) is 11.0. The predicted molar refractivity (Wildman–Crippen MR) is 67.7 cm³/mol. The molecule has 0 bridgehead atoms. The van der Waals surface area contributed by atoms with Gasteiger partial charge < -0.3 is 4.74 Å². The van der Waals surface area contributed by atoms with Gasteiger partial charge in [0.05, 0.1) is 11.5 Å². The van der Waals surface area contributed by atoms with Gasteiger partial charge in [-0.3, -0.25) is 10.1 Å². The smallest absolute Gasteiger partial charge is 0.312 e. The van der Waals surface area contributed by atoms with E-state index in [1.165, 1.54) is 6.07 Å². The molecule has 0 radical (unpaired) electrons. The van der Waals surface area contributed by atoms with Crippen molar-refractivity contribution in [2.75, 3.05) is 6.61 Å². The zero-order valence-corrected chi connectivity index (χ0v) is 11.0. The lowest BCUT2D eigenvalue weighted by Crippen LogP contribution is -2.12. The molecule has 1 aromatic rings. The summed E-state index contributed by atoms with van der Waals surface area (Å²) in [5, 5.41) is 20.1. The van der Waals surface area contributed by atoms with Crippen LogP contribution in [-0.2, 0) is 5.41 Å². The predicted octanol–water partition coefficient (Wildman–Crippen LogP) is 3.16. The van der Waals surface area contributed by atoms with Crippen LogP contribution >= 0.6 is 0 Å². The molecule has 5 heteroatoms. The van der Waals surface area contributed by atoms with Crippen molar-refractivity contribution in [1.29, 1.82) is 5.26 Å². The number of nitro groups is 1. The zero-order chi connectivity index (χ0) is 13.9. The maximum atomic E-state index is 11.1. The molecule has 0 saturated carbocycles. The first-order chi connectivity index (χ1) is 8.31. The number of hydrogen-bond acceptors (Lipinski definition) is 4. The molecule has 5 nitrogen and oxygen atoms in total. The summed E-state index contributed by atoms with van der Waals surface area (Å²) in [5.74, 6) is 0.0537. The van der Waals surface area contributed by atoms with E-state index in [1.54, 1.807) is 13.0 Å². The maximum absolute atomic E-state index is 11.1. The van der Waals surface area contributed by atoms with Crippen LogP contribution in [0.25, 0.3) is 0 Å². The fourth-order valence-corrected chi connectivity index (χ4v) is 1.56. The van der Waals surface area contributed by atoms with E-state index < -0.39 is 4.92 Å². The monoisotopic (exact) mass is 248 g/mol. The highest BCUT2D eigenvalue weighted by atomic mass is 16.6. The molecule has 0 N–H and O–H groups in total. The molecule has 1 aromatic carbocycles. The van der Waals surface area contributed by atoms with E-state index in [2.05, 4.69) is 0 Å². The highest BCUT2D eigenvalue weighted by molar-refractivity contribution is 5.59. The number of nitro benzene ring substituents is 1. The van der Waals surface area contributed by atoms with E-state index in [0.29, 0.717) is 0 Å². The van der Waals surface area contributed by atoms with Crippen LogP contribution in [-0.4, -0.2) is 11.5 Å². The Morgan fingerprint density at radius 2 is 2.06 bits per heavy atom. The fraction of sp³-hybridized carbons (Fsp3) is 0.462. The number of benzene rings is 1. The lowest BCUT2D eigenvalue weighted by atomic mass is 9.85. The topological polar surface area (TPSA) is 76.2 Å². The van der Waals surface area contributed by atoms with Gasteiger partial charge in [0.25, 0.3) is 0 Å². The van der Waals surface area contributed by atoms with Gasteiger partial charge in [0.15, 0.2) is 0 Å². The highest BCUT2D eigenvalue weighted by Gasteiger charge is 2.25. The largest absolute Gasteiger partial charge is 0.486 e. The van der Waals surface area contributed by atoms with Crippen molar-refractivity contribution in [3.05, 3.63) is 33.4 Å². The normalized spacial score (nSPS) is 10.8. The Morgan fingerprint density at radius 3 is 2.44 bits per heavy atom. The molecule has 18 heavy (non-hydrogen) atoms. The van der Waals surface area contributed by atoms with Gasteiger partial charge in [0.1, 0.15) is 11.6 Å². The van der Waals surface area contributed by atoms with Gasteiger partial charge in [-0.25, -0.2) is 0 Å². The second kappa shape index (κ2) is 5.05. The molecule has 1 rings (SSSR count). The van der Waals surface area contributed by atoms with E-state index in [1.807, 2.05) is 26.8 Å². The number of ether oxygens (including phenoxy) is 1. The molecule has 0 saturated heterocycles. The van der Waals surface area contributed by atoms with Crippen molar-refractivity contribution in [3.8, 4) is 11.8 Å². The van der Waals surface area contributed by atoms with Crippen molar-refractivity contribution in [2.24, 2.45) is 0 Å². The van der Waals surface area contributed by atoms with Gasteiger partial charge in [-0.1, -0.05) is 20.8 Å². The number of nitrogens with zero attached hydrogens (tertiary/aromatic N) is 2. The van der Waals surface area contributed by atoms with Crippen molar-refractivity contribution in [3.63, 3.8) is 0 Å². The van der Waals surface area contributed by atoms with E-state index in [9.17, 15) is 10.1 Å². The molecule has 0 aliphatic carbocycles. The SMILES string of the molecule is CCOc1c(C#N)cc(C(C)(C)C)cc1[N+](=O)[O-]. The van der Waals surface area contributed by atoms with Gasteiger partial charge in [0, 0.05) is 6.07 Å². The van der Waals surface area contributed by atoms with Gasteiger partial charge >= 0.3 is 5.69 Å². The molecular weight excluding hydrogens is 232 g/mol. The quantitative estimate of drug-likeness (QED) is 0.608. The minimum Gasteiger partial charge on any atom is -0.486 e. The van der Waals surface area contributed by atoms with Crippen LogP contribution in [0.5, 0.6) is 5.75 Å². The molecule has 0 atom stereocenters. The summed E-state index contributed by atoms with van der Waals surface area (Å²) in [5.41, 5.74) is 0.534. The summed E-state index contributed by atoms with van der Waals surface area (Å²) < 4.78 is 5.22. The molecule has 0 spiro atoms. The molecule has 0 aliphatic rings. The third kappa shape index (κ3) is 2.77. The molecule has 0 unspecified atom stereocenters. The van der Waals surface area contributed by atoms with Gasteiger partial charge in [-0.15, -0.1) is 0 Å². The highest BCUT2D eigenvalue weighted by Crippen LogP contribution is 2.36. The van der Waals surface area contributed by atoms with Crippen LogP contribution in [0.15, 0.2) is 12.1 Å². The Balaban J connectivity index is 3.55. The van der Waals surface area contributed by atoms with Gasteiger partial charge in [-0.2, -0.15) is 5.26 Å². The van der Waals surface area contributed by atoms with Crippen LogP contribution in [0.2, 0.25) is 0 Å². The maximum Gasteiger partial charge on any atom is 0.312 e. The summed E-state index contributed by atoms with van der Waals surface area (Å²) >= 11 is 0. The standard InChI is InChI=1S/C13H16N2O3/c1-5-18-12-9(8-14)6-10(13(2,3)4)7-11(12)15(16)17/h6-7H,5H2,1-4H3. The Hall–Kier alpha value is -2.09. The second-order valence-corrected chi connectivity index (χ2v) is 4.92. The Bertz CT molecular complexity index is 510. The van der Waals surface area contributed by atoms with E-state index in [4.69, 9.17) is 10.00 Å². The third-order valence-corrected chi connectivity index (χ3v) is 2.54. The van der Waals surface area contributed by atoms with Crippen molar-refractivity contribution in [2.45, 2.75) is 33.1 Å². The minimum absolute atomic E-state index is 0.0537.